The SMILES string of the molecule is CCCOc1ccc(Oc2ncccc2CNC(=O)C(C)C2CNC2)cc1.Cl.Cl. The standard InChI is InChI=1S/C21H27N3O3.2ClH/c1-3-11-26-18-6-8-19(9-7-18)27-21-16(5-4-10-23-21)14-24-20(25)15(2)17-12-22-13-17;;/h4-10,15,17,22H,3,11-14H2,1-2H3,(H,24,25);2*1H. The van der Waals surface area contributed by atoms with Gasteiger partial charge in [0.25, 0.3) is 0 Å². The van der Waals surface area contributed by atoms with E-state index in [-0.39, 0.29) is 36.6 Å². The molecule has 0 aliphatic carbocycles. The quantitative estimate of drug-likeness (QED) is 0.615. The largest absolute Gasteiger partial charge is 0.494 e. The van der Waals surface area contributed by atoms with Crippen LogP contribution in [0.3, 0.4) is 0 Å². The number of carbonyl (C=O) groups is 1. The van der Waals surface area contributed by atoms with Crippen molar-refractivity contribution < 1.29 is 14.3 Å². The first-order chi connectivity index (χ1) is 13.2. The highest BCUT2D eigenvalue weighted by atomic mass is 35.5. The van der Waals surface area contributed by atoms with Crippen LogP contribution in [0.25, 0.3) is 0 Å². The zero-order valence-electron chi connectivity index (χ0n) is 16.7. The number of pyridine rings is 1. The van der Waals surface area contributed by atoms with Gasteiger partial charge in [0.05, 0.1) is 6.61 Å². The summed E-state index contributed by atoms with van der Waals surface area (Å²) >= 11 is 0. The van der Waals surface area contributed by atoms with E-state index in [0.717, 1.165) is 30.8 Å². The van der Waals surface area contributed by atoms with Crippen molar-refractivity contribution in [3.63, 3.8) is 0 Å². The third-order valence-corrected chi connectivity index (χ3v) is 4.75. The molecule has 1 saturated heterocycles. The average Bonchev–Trinajstić information content (AvgIpc) is 2.65. The van der Waals surface area contributed by atoms with Gasteiger partial charge in [0.1, 0.15) is 11.5 Å². The lowest BCUT2D eigenvalue weighted by atomic mass is 9.88. The molecule has 1 fully saturated rings. The number of carbonyl (C=O) groups excluding carboxylic acids is 1. The number of hydrogen-bond acceptors (Lipinski definition) is 5. The van der Waals surface area contributed by atoms with E-state index in [9.17, 15) is 4.79 Å². The highest BCUT2D eigenvalue weighted by Crippen LogP contribution is 2.25. The summed E-state index contributed by atoms with van der Waals surface area (Å²) in [4.78, 5) is 16.6. The van der Waals surface area contributed by atoms with Crippen LogP contribution in [0.4, 0.5) is 0 Å². The van der Waals surface area contributed by atoms with Gasteiger partial charge in [-0.15, -0.1) is 24.8 Å². The fourth-order valence-electron chi connectivity index (χ4n) is 2.81. The molecular weight excluding hydrogens is 413 g/mol. The van der Waals surface area contributed by atoms with Crippen LogP contribution in [0, 0.1) is 11.8 Å². The number of aromatic nitrogens is 1. The minimum absolute atomic E-state index is 0. The van der Waals surface area contributed by atoms with Crippen LogP contribution in [-0.2, 0) is 11.3 Å². The highest BCUT2D eigenvalue weighted by Gasteiger charge is 2.28. The molecule has 1 aliphatic rings. The molecule has 0 bridgehead atoms. The van der Waals surface area contributed by atoms with Crippen LogP contribution in [0.2, 0.25) is 0 Å². The Kier molecular flexibility index (Phi) is 10.8. The minimum Gasteiger partial charge on any atom is -0.494 e. The van der Waals surface area contributed by atoms with Gasteiger partial charge in [0.15, 0.2) is 0 Å². The molecule has 1 unspecified atom stereocenters. The van der Waals surface area contributed by atoms with Crippen molar-refractivity contribution in [3.05, 3.63) is 48.2 Å². The summed E-state index contributed by atoms with van der Waals surface area (Å²) in [6.07, 6.45) is 2.65. The van der Waals surface area contributed by atoms with Crippen LogP contribution < -0.4 is 20.1 Å². The van der Waals surface area contributed by atoms with E-state index in [2.05, 4.69) is 22.5 Å². The Hall–Kier alpha value is -2.02. The number of benzene rings is 1. The van der Waals surface area contributed by atoms with E-state index < -0.39 is 0 Å². The second-order valence-corrected chi connectivity index (χ2v) is 6.81. The number of nitrogens with one attached hydrogen (secondary N) is 2. The molecule has 1 amide bonds. The number of nitrogens with zero attached hydrogens (tertiary/aromatic N) is 1. The second kappa shape index (κ2) is 12.5. The summed E-state index contributed by atoms with van der Waals surface area (Å²) in [5.74, 6) is 2.48. The molecule has 2 heterocycles. The van der Waals surface area contributed by atoms with Crippen molar-refractivity contribution in [1.29, 1.82) is 0 Å². The minimum atomic E-state index is 0. The molecule has 2 aromatic rings. The van der Waals surface area contributed by atoms with Gasteiger partial charge < -0.3 is 20.1 Å². The Morgan fingerprint density at radius 2 is 1.90 bits per heavy atom. The third kappa shape index (κ3) is 7.07. The zero-order chi connectivity index (χ0) is 19.1. The normalized spacial score (nSPS) is 13.9. The summed E-state index contributed by atoms with van der Waals surface area (Å²) < 4.78 is 11.5. The Labute approximate surface area is 184 Å². The first kappa shape index (κ1) is 25.0. The maximum Gasteiger partial charge on any atom is 0.224 e. The molecule has 1 aliphatic heterocycles. The monoisotopic (exact) mass is 441 g/mol. The van der Waals surface area contributed by atoms with Gasteiger partial charge in [-0.3, -0.25) is 4.79 Å². The lowest BCUT2D eigenvalue weighted by molar-refractivity contribution is -0.126. The summed E-state index contributed by atoms with van der Waals surface area (Å²) in [5, 5.41) is 6.20. The lowest BCUT2D eigenvalue weighted by Crippen LogP contribution is -2.49. The number of halogens is 2. The topological polar surface area (TPSA) is 72.5 Å². The molecule has 2 N–H and O–H groups in total. The number of rotatable bonds is 9. The predicted octanol–water partition coefficient (Wildman–Crippen LogP) is 3.98. The number of hydrogen-bond donors (Lipinski definition) is 2. The maximum atomic E-state index is 12.3. The van der Waals surface area contributed by atoms with E-state index >= 15 is 0 Å². The van der Waals surface area contributed by atoms with Crippen LogP contribution in [-0.4, -0.2) is 30.6 Å². The molecule has 1 aromatic heterocycles. The highest BCUT2D eigenvalue weighted by molar-refractivity contribution is 5.85. The van der Waals surface area contributed by atoms with Gasteiger partial charge >= 0.3 is 0 Å². The van der Waals surface area contributed by atoms with Gasteiger partial charge in [0.2, 0.25) is 11.8 Å². The third-order valence-electron chi connectivity index (χ3n) is 4.75. The second-order valence-electron chi connectivity index (χ2n) is 6.81. The van der Waals surface area contributed by atoms with Crippen LogP contribution in [0.5, 0.6) is 17.4 Å². The van der Waals surface area contributed by atoms with Crippen molar-refractivity contribution in [1.82, 2.24) is 15.6 Å². The molecular formula is C21H29Cl2N3O3. The average molecular weight is 442 g/mol. The smallest absolute Gasteiger partial charge is 0.224 e. The maximum absolute atomic E-state index is 12.3. The van der Waals surface area contributed by atoms with Crippen molar-refractivity contribution in [2.24, 2.45) is 11.8 Å². The van der Waals surface area contributed by atoms with Crippen molar-refractivity contribution in [3.8, 4) is 17.4 Å². The van der Waals surface area contributed by atoms with Gasteiger partial charge in [0, 0.05) is 24.2 Å². The molecule has 0 saturated carbocycles. The van der Waals surface area contributed by atoms with E-state index in [1.165, 1.54) is 0 Å². The molecule has 3 rings (SSSR count). The first-order valence-electron chi connectivity index (χ1n) is 9.50. The fourth-order valence-corrected chi connectivity index (χ4v) is 2.81. The van der Waals surface area contributed by atoms with Gasteiger partial charge in [-0.25, -0.2) is 4.98 Å². The molecule has 6 nitrogen and oxygen atoms in total. The Balaban J connectivity index is 0.00000210. The summed E-state index contributed by atoms with van der Waals surface area (Å²) in [7, 11) is 0. The number of amides is 1. The molecule has 0 radical (unpaired) electrons. The van der Waals surface area contributed by atoms with E-state index in [1.54, 1.807) is 6.20 Å². The molecule has 8 heteroatoms. The number of ether oxygens (including phenoxy) is 2. The summed E-state index contributed by atoms with van der Waals surface area (Å²) in [6.45, 7) is 6.96. The van der Waals surface area contributed by atoms with Crippen LogP contribution in [0.15, 0.2) is 42.6 Å². The molecule has 1 atom stereocenters. The Morgan fingerprint density at radius 3 is 2.52 bits per heavy atom. The molecule has 29 heavy (non-hydrogen) atoms. The zero-order valence-corrected chi connectivity index (χ0v) is 18.4. The van der Waals surface area contributed by atoms with Crippen molar-refractivity contribution >= 4 is 30.7 Å². The van der Waals surface area contributed by atoms with E-state index in [4.69, 9.17) is 9.47 Å². The Morgan fingerprint density at radius 1 is 1.21 bits per heavy atom. The summed E-state index contributed by atoms with van der Waals surface area (Å²) in [6, 6.07) is 11.2. The van der Waals surface area contributed by atoms with E-state index in [0.29, 0.717) is 30.7 Å². The molecule has 160 valence electrons. The Bertz CT molecular complexity index is 755. The first-order valence-corrected chi connectivity index (χ1v) is 9.50. The van der Waals surface area contributed by atoms with Gasteiger partial charge in [-0.05, 0) is 55.8 Å². The molecule has 1 aromatic carbocycles. The fraction of sp³-hybridized carbons (Fsp3) is 0.429. The van der Waals surface area contributed by atoms with Crippen LogP contribution >= 0.6 is 24.8 Å². The lowest BCUT2D eigenvalue weighted by Gasteiger charge is -2.31. The van der Waals surface area contributed by atoms with Gasteiger partial charge in [-0.1, -0.05) is 19.9 Å². The van der Waals surface area contributed by atoms with Crippen molar-refractivity contribution in [2.45, 2.75) is 26.8 Å². The van der Waals surface area contributed by atoms with Crippen molar-refractivity contribution in [2.75, 3.05) is 19.7 Å². The predicted molar refractivity (Wildman–Crippen MR) is 118 cm³/mol. The van der Waals surface area contributed by atoms with E-state index in [1.807, 2.05) is 43.3 Å². The summed E-state index contributed by atoms with van der Waals surface area (Å²) in [5.41, 5.74) is 0.844. The van der Waals surface area contributed by atoms with Gasteiger partial charge in [-0.2, -0.15) is 0 Å². The molecule has 0 spiro atoms. The van der Waals surface area contributed by atoms with Crippen LogP contribution in [0.1, 0.15) is 25.8 Å².